The lowest BCUT2D eigenvalue weighted by atomic mass is 9.95. The molecule has 3 aliphatic rings. The maximum absolute atomic E-state index is 14.2. The summed E-state index contributed by atoms with van der Waals surface area (Å²) in [6, 6.07) is 9.73. The number of nitrogens with zero attached hydrogens (tertiary/aromatic N) is 2. The number of Topliss-reactive ketones (excluding diaryl/α,β-unsaturated/α-hetero) is 1. The summed E-state index contributed by atoms with van der Waals surface area (Å²) in [4.78, 5) is 29.9. The summed E-state index contributed by atoms with van der Waals surface area (Å²) in [6.07, 6.45) is 0.628. The van der Waals surface area contributed by atoms with Crippen LogP contribution in [0.1, 0.15) is 23.6 Å². The van der Waals surface area contributed by atoms with Crippen molar-refractivity contribution >= 4 is 17.4 Å². The van der Waals surface area contributed by atoms with E-state index < -0.39 is 23.5 Å². The summed E-state index contributed by atoms with van der Waals surface area (Å²) in [5.41, 5.74) is 0.681. The van der Waals surface area contributed by atoms with E-state index in [0.717, 1.165) is 19.6 Å². The molecule has 184 valence electrons. The average Bonchev–Trinajstić information content (AvgIpc) is 3.13. The highest BCUT2D eigenvalue weighted by molar-refractivity contribution is 6.46. The number of aliphatic hydroxyl groups is 1. The standard InChI is InChI=1S/C26H27FN2O6/c27-19-4-1-3-17(15-19)23-22(24(30)18-5-6-20-21(16-18)35-14-13-34-20)25(31)26(32)29(23)8-2-7-28-9-11-33-12-10-28/h1,3-6,15-16,23,30H,2,7-14H2/b24-22+/t23-/m0/s1. The maximum atomic E-state index is 14.2. The zero-order valence-corrected chi connectivity index (χ0v) is 19.2. The lowest BCUT2D eigenvalue weighted by Gasteiger charge is -2.29. The first-order valence-corrected chi connectivity index (χ1v) is 11.8. The predicted molar refractivity (Wildman–Crippen MR) is 125 cm³/mol. The second-order valence-corrected chi connectivity index (χ2v) is 8.71. The molecule has 2 aromatic carbocycles. The molecule has 3 aliphatic heterocycles. The third-order valence-corrected chi connectivity index (χ3v) is 6.50. The van der Waals surface area contributed by atoms with Crippen LogP contribution in [0, 0.1) is 5.82 Å². The molecule has 0 aliphatic carbocycles. The SMILES string of the molecule is O=C1C(=O)N(CCCN2CCOCC2)[C@@H](c2cccc(F)c2)/C1=C(\O)c1ccc2c(c1)OCCO2. The van der Waals surface area contributed by atoms with Crippen molar-refractivity contribution in [2.45, 2.75) is 12.5 Å². The molecule has 2 fully saturated rings. The molecule has 5 rings (SSSR count). The van der Waals surface area contributed by atoms with Gasteiger partial charge in [0, 0.05) is 31.7 Å². The van der Waals surface area contributed by atoms with Crippen LogP contribution < -0.4 is 9.47 Å². The molecule has 1 atom stereocenters. The van der Waals surface area contributed by atoms with Crippen LogP contribution in [0.25, 0.3) is 5.76 Å². The number of carbonyl (C=O) groups excluding carboxylic acids is 2. The zero-order chi connectivity index (χ0) is 24.4. The predicted octanol–water partition coefficient (Wildman–Crippen LogP) is 2.74. The van der Waals surface area contributed by atoms with E-state index in [0.29, 0.717) is 62.0 Å². The van der Waals surface area contributed by atoms with E-state index in [1.54, 1.807) is 24.3 Å². The van der Waals surface area contributed by atoms with E-state index in [1.807, 2.05) is 0 Å². The third kappa shape index (κ3) is 4.74. The number of aliphatic hydroxyl groups excluding tert-OH is 1. The normalized spacial score (nSPS) is 22.0. The van der Waals surface area contributed by atoms with E-state index in [4.69, 9.17) is 14.2 Å². The summed E-state index contributed by atoms with van der Waals surface area (Å²) in [6.45, 7) is 4.80. The van der Waals surface area contributed by atoms with Gasteiger partial charge in [-0.2, -0.15) is 0 Å². The molecular weight excluding hydrogens is 455 g/mol. The Morgan fingerprint density at radius 1 is 0.971 bits per heavy atom. The Kier molecular flexibility index (Phi) is 6.70. The molecule has 2 aromatic rings. The number of benzene rings is 2. The number of fused-ring (bicyclic) bond motifs is 1. The quantitative estimate of drug-likeness (QED) is 0.385. The first kappa shape index (κ1) is 23.3. The highest BCUT2D eigenvalue weighted by Gasteiger charge is 2.46. The first-order chi connectivity index (χ1) is 17.0. The van der Waals surface area contributed by atoms with Crippen LogP contribution in [0.15, 0.2) is 48.0 Å². The van der Waals surface area contributed by atoms with Crippen LogP contribution in [0.4, 0.5) is 4.39 Å². The minimum Gasteiger partial charge on any atom is -0.507 e. The van der Waals surface area contributed by atoms with E-state index in [9.17, 15) is 19.1 Å². The van der Waals surface area contributed by atoms with Gasteiger partial charge in [0.2, 0.25) is 0 Å². The first-order valence-electron chi connectivity index (χ1n) is 11.8. The van der Waals surface area contributed by atoms with Crippen molar-refractivity contribution in [1.29, 1.82) is 0 Å². The Hall–Kier alpha value is -3.43. The third-order valence-electron chi connectivity index (χ3n) is 6.50. The van der Waals surface area contributed by atoms with Crippen molar-refractivity contribution in [3.8, 4) is 11.5 Å². The van der Waals surface area contributed by atoms with Gasteiger partial charge in [-0.05, 0) is 42.3 Å². The average molecular weight is 483 g/mol. The molecule has 3 heterocycles. The molecule has 35 heavy (non-hydrogen) atoms. The van der Waals surface area contributed by atoms with Crippen LogP contribution >= 0.6 is 0 Å². The Morgan fingerprint density at radius 3 is 2.51 bits per heavy atom. The van der Waals surface area contributed by atoms with Crippen molar-refractivity contribution in [3.05, 3.63) is 65.0 Å². The van der Waals surface area contributed by atoms with Gasteiger partial charge in [0.1, 0.15) is 24.8 Å². The fourth-order valence-electron chi connectivity index (χ4n) is 4.77. The number of ether oxygens (including phenoxy) is 3. The van der Waals surface area contributed by atoms with Crippen LogP contribution in [0.2, 0.25) is 0 Å². The number of carbonyl (C=O) groups is 2. The topological polar surface area (TPSA) is 88.5 Å². The van der Waals surface area contributed by atoms with Gasteiger partial charge in [0.15, 0.2) is 11.5 Å². The van der Waals surface area contributed by atoms with Gasteiger partial charge in [-0.15, -0.1) is 0 Å². The van der Waals surface area contributed by atoms with Crippen LogP contribution in [-0.4, -0.2) is 79.2 Å². The minimum absolute atomic E-state index is 0.0661. The molecule has 0 aromatic heterocycles. The molecule has 0 radical (unpaired) electrons. The molecule has 0 spiro atoms. The van der Waals surface area contributed by atoms with Crippen LogP contribution in [0.3, 0.4) is 0 Å². The number of ketones is 1. The van der Waals surface area contributed by atoms with Crippen molar-refractivity contribution in [1.82, 2.24) is 9.80 Å². The molecule has 9 heteroatoms. The highest BCUT2D eigenvalue weighted by Crippen LogP contribution is 2.41. The van der Waals surface area contributed by atoms with Crippen LogP contribution in [-0.2, 0) is 14.3 Å². The lowest BCUT2D eigenvalue weighted by molar-refractivity contribution is -0.140. The Morgan fingerprint density at radius 2 is 1.74 bits per heavy atom. The highest BCUT2D eigenvalue weighted by atomic mass is 19.1. The molecule has 0 saturated carbocycles. The maximum Gasteiger partial charge on any atom is 0.295 e. The summed E-state index contributed by atoms with van der Waals surface area (Å²) in [5.74, 6) is -1.33. The monoisotopic (exact) mass is 482 g/mol. The number of morpholine rings is 1. The van der Waals surface area contributed by atoms with Gasteiger partial charge in [0.05, 0.1) is 24.8 Å². The summed E-state index contributed by atoms with van der Waals surface area (Å²) < 4.78 is 30.7. The number of amides is 1. The summed E-state index contributed by atoms with van der Waals surface area (Å²) in [5, 5.41) is 11.2. The van der Waals surface area contributed by atoms with E-state index in [2.05, 4.69) is 4.90 Å². The van der Waals surface area contributed by atoms with Crippen molar-refractivity contribution in [2.24, 2.45) is 0 Å². The molecule has 1 N–H and O–H groups in total. The van der Waals surface area contributed by atoms with E-state index in [-0.39, 0.29) is 11.3 Å². The minimum atomic E-state index is -0.899. The molecule has 0 bridgehead atoms. The van der Waals surface area contributed by atoms with Gasteiger partial charge in [0.25, 0.3) is 11.7 Å². The summed E-state index contributed by atoms with van der Waals surface area (Å²) in [7, 11) is 0. The van der Waals surface area contributed by atoms with Gasteiger partial charge >= 0.3 is 0 Å². The number of hydrogen-bond acceptors (Lipinski definition) is 7. The molecule has 8 nitrogen and oxygen atoms in total. The second kappa shape index (κ2) is 10.1. The van der Waals surface area contributed by atoms with Crippen molar-refractivity contribution in [3.63, 3.8) is 0 Å². The Labute approximate surface area is 202 Å². The number of rotatable bonds is 6. The fraction of sp³-hybridized carbons (Fsp3) is 0.385. The van der Waals surface area contributed by atoms with Gasteiger partial charge in [-0.1, -0.05) is 12.1 Å². The Bertz CT molecular complexity index is 1160. The summed E-state index contributed by atoms with van der Waals surface area (Å²) >= 11 is 0. The van der Waals surface area contributed by atoms with Crippen LogP contribution in [0.5, 0.6) is 11.5 Å². The molecule has 0 unspecified atom stereocenters. The van der Waals surface area contributed by atoms with E-state index in [1.165, 1.54) is 23.1 Å². The number of hydrogen-bond donors (Lipinski definition) is 1. The fourth-order valence-corrected chi connectivity index (χ4v) is 4.77. The largest absolute Gasteiger partial charge is 0.507 e. The molecule has 2 saturated heterocycles. The van der Waals surface area contributed by atoms with Gasteiger partial charge < -0.3 is 24.2 Å². The van der Waals surface area contributed by atoms with Crippen molar-refractivity contribution in [2.75, 3.05) is 52.6 Å². The van der Waals surface area contributed by atoms with Gasteiger partial charge in [-0.3, -0.25) is 14.5 Å². The number of likely N-dealkylation sites (tertiary alicyclic amines) is 1. The Balaban J connectivity index is 1.48. The lowest BCUT2D eigenvalue weighted by Crippen LogP contribution is -2.39. The molecular formula is C26H27FN2O6. The second-order valence-electron chi connectivity index (χ2n) is 8.71. The number of halogens is 1. The smallest absolute Gasteiger partial charge is 0.295 e. The molecule has 1 amide bonds. The van der Waals surface area contributed by atoms with Gasteiger partial charge in [-0.25, -0.2) is 4.39 Å². The van der Waals surface area contributed by atoms with E-state index >= 15 is 0 Å². The van der Waals surface area contributed by atoms with Crippen molar-refractivity contribution < 1.29 is 33.3 Å². The zero-order valence-electron chi connectivity index (χ0n) is 19.2.